The predicted octanol–water partition coefficient (Wildman–Crippen LogP) is 1.92. The third-order valence-corrected chi connectivity index (χ3v) is 6.08. The first-order valence-electron chi connectivity index (χ1n) is 10.6. The van der Waals surface area contributed by atoms with Gasteiger partial charge in [0.25, 0.3) is 0 Å². The molecule has 2 aliphatic heterocycles. The van der Waals surface area contributed by atoms with Crippen LogP contribution in [0, 0.1) is 5.92 Å². The highest BCUT2D eigenvalue weighted by molar-refractivity contribution is 6.29. The van der Waals surface area contributed by atoms with Gasteiger partial charge in [-0.3, -0.25) is 4.57 Å². The van der Waals surface area contributed by atoms with Crippen LogP contribution < -0.4 is 9.80 Å². The van der Waals surface area contributed by atoms with Crippen molar-refractivity contribution in [2.45, 2.75) is 13.0 Å². The molecule has 1 amide bonds. The van der Waals surface area contributed by atoms with Gasteiger partial charge in [-0.1, -0.05) is 0 Å². The first-order valence-corrected chi connectivity index (χ1v) is 11.0. The lowest BCUT2D eigenvalue weighted by molar-refractivity contribution is 0.122. The molecule has 0 saturated carbocycles. The average Bonchev–Trinajstić information content (AvgIpc) is 3.47. The van der Waals surface area contributed by atoms with Gasteiger partial charge in [0, 0.05) is 51.6 Å². The molecular formula is C20H23ClN8O4. The van der Waals surface area contributed by atoms with Crippen molar-refractivity contribution in [3.8, 4) is 11.4 Å². The summed E-state index contributed by atoms with van der Waals surface area (Å²) >= 11 is 6.55. The molecule has 174 valence electrons. The van der Waals surface area contributed by atoms with E-state index in [4.69, 9.17) is 36.1 Å². The maximum atomic E-state index is 11.2. The molecule has 0 bridgehead atoms. The van der Waals surface area contributed by atoms with Crippen LogP contribution in [0.3, 0.4) is 0 Å². The molecule has 0 spiro atoms. The molecule has 3 aromatic heterocycles. The lowest BCUT2D eigenvalue weighted by atomic mass is 10.1. The molecule has 0 aromatic carbocycles. The molecule has 5 rings (SSSR count). The fourth-order valence-electron chi connectivity index (χ4n) is 3.93. The smallest absolute Gasteiger partial charge is 0.413 e. The normalized spacial score (nSPS) is 18.7. The largest absolute Gasteiger partial charge is 0.465 e. The SMILES string of the molecule is CN(C(=O)O)c1ncc(-c2nc(N3CCOCC3)c3nc(Cl)n(CC4CCOC4)c3n2)cn1. The number of morpholine rings is 1. The number of imidazole rings is 1. The summed E-state index contributed by atoms with van der Waals surface area (Å²) in [5.74, 6) is 1.48. The summed E-state index contributed by atoms with van der Waals surface area (Å²) in [5, 5.41) is 9.50. The maximum absolute atomic E-state index is 11.2. The second kappa shape index (κ2) is 9.04. The van der Waals surface area contributed by atoms with Gasteiger partial charge in [-0.2, -0.15) is 0 Å². The summed E-state index contributed by atoms with van der Waals surface area (Å²) in [6.07, 6.45) is 2.83. The van der Waals surface area contributed by atoms with E-state index in [-0.39, 0.29) is 5.95 Å². The molecule has 2 fully saturated rings. The monoisotopic (exact) mass is 474 g/mol. The number of halogens is 1. The van der Waals surface area contributed by atoms with Crippen molar-refractivity contribution in [3.63, 3.8) is 0 Å². The van der Waals surface area contributed by atoms with Crippen molar-refractivity contribution in [1.82, 2.24) is 29.5 Å². The maximum Gasteiger partial charge on any atom is 0.413 e. The molecule has 0 radical (unpaired) electrons. The molecule has 0 aliphatic carbocycles. The van der Waals surface area contributed by atoms with Crippen molar-refractivity contribution >= 4 is 40.6 Å². The zero-order valence-corrected chi connectivity index (χ0v) is 18.8. The molecule has 2 saturated heterocycles. The number of anilines is 2. The van der Waals surface area contributed by atoms with Crippen molar-refractivity contribution in [3.05, 3.63) is 17.7 Å². The van der Waals surface area contributed by atoms with E-state index < -0.39 is 6.09 Å². The molecule has 5 heterocycles. The third-order valence-electron chi connectivity index (χ3n) is 5.79. The Labute approximate surface area is 194 Å². The predicted molar refractivity (Wildman–Crippen MR) is 120 cm³/mol. The number of rotatable bonds is 5. The van der Waals surface area contributed by atoms with Crippen LogP contribution in [0.4, 0.5) is 16.6 Å². The highest BCUT2D eigenvalue weighted by atomic mass is 35.5. The van der Waals surface area contributed by atoms with Gasteiger partial charge in [-0.15, -0.1) is 0 Å². The Balaban J connectivity index is 1.59. The van der Waals surface area contributed by atoms with E-state index in [0.717, 1.165) is 17.9 Å². The molecule has 3 aromatic rings. The quantitative estimate of drug-likeness (QED) is 0.547. The van der Waals surface area contributed by atoms with E-state index in [0.29, 0.717) is 79.0 Å². The molecule has 13 heteroatoms. The van der Waals surface area contributed by atoms with E-state index in [1.165, 1.54) is 19.4 Å². The first-order chi connectivity index (χ1) is 16.0. The second-order valence-electron chi connectivity index (χ2n) is 7.98. The standard InChI is InChI=1S/C20H23ClN8O4/c1-27(20(30)31)19-22-8-13(9-23-19)15-25-16(28-3-6-32-7-4-28)14-17(26-15)29(18(21)24-14)10-12-2-5-33-11-12/h8-9,12H,2-7,10-11H2,1H3,(H,30,31). The van der Waals surface area contributed by atoms with E-state index in [1.54, 1.807) is 0 Å². The zero-order chi connectivity index (χ0) is 22.9. The number of hydrogen-bond acceptors (Lipinski definition) is 9. The number of hydrogen-bond donors (Lipinski definition) is 1. The van der Waals surface area contributed by atoms with Crippen LogP contribution in [0.25, 0.3) is 22.6 Å². The number of carbonyl (C=O) groups is 1. The van der Waals surface area contributed by atoms with E-state index in [1.807, 2.05) is 4.57 Å². The van der Waals surface area contributed by atoms with Gasteiger partial charge in [0.05, 0.1) is 25.4 Å². The number of carboxylic acid groups (broad SMARTS) is 1. The number of ether oxygens (including phenoxy) is 2. The zero-order valence-electron chi connectivity index (χ0n) is 18.0. The van der Waals surface area contributed by atoms with Crippen LogP contribution in [0.15, 0.2) is 12.4 Å². The Morgan fingerprint density at radius 3 is 2.61 bits per heavy atom. The summed E-state index contributed by atoms with van der Waals surface area (Å²) < 4.78 is 12.9. The molecular weight excluding hydrogens is 452 g/mol. The Morgan fingerprint density at radius 2 is 1.94 bits per heavy atom. The van der Waals surface area contributed by atoms with E-state index in [9.17, 15) is 4.79 Å². The minimum atomic E-state index is -1.15. The summed E-state index contributed by atoms with van der Waals surface area (Å²) in [4.78, 5) is 36.7. The Bertz CT molecular complexity index is 1160. The van der Waals surface area contributed by atoms with Gasteiger partial charge in [0.2, 0.25) is 11.2 Å². The fourth-order valence-corrected chi connectivity index (χ4v) is 4.16. The molecule has 1 unspecified atom stereocenters. The Morgan fingerprint density at radius 1 is 1.18 bits per heavy atom. The van der Waals surface area contributed by atoms with Crippen LogP contribution in [0.2, 0.25) is 5.28 Å². The van der Waals surface area contributed by atoms with Crippen LogP contribution >= 0.6 is 11.6 Å². The summed E-state index contributed by atoms with van der Waals surface area (Å²) in [6, 6.07) is 0. The highest BCUT2D eigenvalue weighted by Gasteiger charge is 2.25. The lowest BCUT2D eigenvalue weighted by Gasteiger charge is -2.28. The van der Waals surface area contributed by atoms with Gasteiger partial charge in [-0.05, 0) is 18.0 Å². The minimum Gasteiger partial charge on any atom is -0.465 e. The van der Waals surface area contributed by atoms with Crippen molar-refractivity contribution in [2.24, 2.45) is 5.92 Å². The first kappa shape index (κ1) is 21.7. The highest BCUT2D eigenvalue weighted by Crippen LogP contribution is 2.31. The topological polar surface area (TPSA) is 132 Å². The Kier molecular flexibility index (Phi) is 5.96. The molecule has 1 N–H and O–H groups in total. The van der Waals surface area contributed by atoms with Crippen molar-refractivity contribution in [2.75, 3.05) is 56.4 Å². The van der Waals surface area contributed by atoms with Gasteiger partial charge < -0.3 is 19.5 Å². The van der Waals surface area contributed by atoms with Gasteiger partial charge in [0.1, 0.15) is 0 Å². The molecule has 2 aliphatic rings. The van der Waals surface area contributed by atoms with Crippen LogP contribution in [0.1, 0.15) is 6.42 Å². The summed E-state index contributed by atoms with van der Waals surface area (Å²) in [7, 11) is 1.38. The van der Waals surface area contributed by atoms with Gasteiger partial charge in [-0.25, -0.2) is 34.6 Å². The van der Waals surface area contributed by atoms with Crippen LogP contribution in [-0.2, 0) is 16.0 Å². The van der Waals surface area contributed by atoms with E-state index in [2.05, 4.69) is 19.9 Å². The van der Waals surface area contributed by atoms with Crippen molar-refractivity contribution < 1.29 is 19.4 Å². The second-order valence-corrected chi connectivity index (χ2v) is 8.31. The van der Waals surface area contributed by atoms with Crippen molar-refractivity contribution in [1.29, 1.82) is 0 Å². The van der Waals surface area contributed by atoms with Gasteiger partial charge in [0.15, 0.2) is 22.8 Å². The fraction of sp³-hybridized carbons (Fsp3) is 0.500. The number of amides is 1. The molecule has 33 heavy (non-hydrogen) atoms. The minimum absolute atomic E-state index is 0.0649. The number of nitrogens with zero attached hydrogens (tertiary/aromatic N) is 8. The molecule has 1 atom stereocenters. The Hall–Kier alpha value is -3.09. The molecule has 12 nitrogen and oxygen atoms in total. The van der Waals surface area contributed by atoms with Crippen LogP contribution in [-0.4, -0.2) is 87.3 Å². The van der Waals surface area contributed by atoms with Gasteiger partial charge >= 0.3 is 6.09 Å². The van der Waals surface area contributed by atoms with Crippen LogP contribution in [0.5, 0.6) is 0 Å². The summed E-state index contributed by atoms with van der Waals surface area (Å²) in [5.41, 5.74) is 1.82. The number of aromatic nitrogens is 6. The lowest BCUT2D eigenvalue weighted by Crippen LogP contribution is -2.37. The number of fused-ring (bicyclic) bond motifs is 1. The van der Waals surface area contributed by atoms with E-state index >= 15 is 0 Å². The third kappa shape index (κ3) is 4.28. The summed E-state index contributed by atoms with van der Waals surface area (Å²) in [6.45, 7) is 4.59. The average molecular weight is 475 g/mol.